The standard InChI is InChI=1S/C12H11N3/c1-9-6-7-10-4-2-3-5-11(10)12(9)8-14-15-13/h2-7H,8H2,1H3. The normalized spacial score (nSPS) is 9.93. The SMILES string of the molecule is Cc1ccc2ccccc2c1CN=[N+]=[N-]. The second-order valence-corrected chi connectivity index (χ2v) is 3.47. The van der Waals surface area contributed by atoms with Gasteiger partial charge in [-0.15, -0.1) is 0 Å². The summed E-state index contributed by atoms with van der Waals surface area (Å²) in [4.78, 5) is 2.80. The van der Waals surface area contributed by atoms with Gasteiger partial charge in [0.05, 0.1) is 6.54 Å². The molecule has 0 fully saturated rings. The molecule has 2 rings (SSSR count). The molecule has 0 radical (unpaired) electrons. The highest BCUT2D eigenvalue weighted by atomic mass is 15.1. The Hall–Kier alpha value is -1.99. The van der Waals surface area contributed by atoms with Gasteiger partial charge in [-0.2, -0.15) is 0 Å². The molecule has 0 saturated carbocycles. The summed E-state index contributed by atoms with van der Waals surface area (Å²) in [6, 6.07) is 12.3. The maximum atomic E-state index is 8.35. The fraction of sp³-hybridized carbons (Fsp3) is 0.167. The lowest BCUT2D eigenvalue weighted by molar-refractivity contribution is 1.04. The molecule has 0 spiro atoms. The predicted molar refractivity (Wildman–Crippen MR) is 61.5 cm³/mol. The van der Waals surface area contributed by atoms with Gasteiger partial charge in [-0.25, -0.2) is 0 Å². The van der Waals surface area contributed by atoms with Crippen molar-refractivity contribution in [3.8, 4) is 0 Å². The second-order valence-electron chi connectivity index (χ2n) is 3.47. The molecule has 0 saturated heterocycles. The molecule has 0 atom stereocenters. The highest BCUT2D eigenvalue weighted by Gasteiger charge is 2.02. The molecule has 0 heterocycles. The molecule has 3 heteroatoms. The average Bonchev–Trinajstić information content (AvgIpc) is 2.28. The molecule has 0 aromatic heterocycles. The van der Waals surface area contributed by atoms with E-state index >= 15 is 0 Å². The number of nitrogens with zero attached hydrogens (tertiary/aromatic N) is 3. The minimum Gasteiger partial charge on any atom is -0.0892 e. The van der Waals surface area contributed by atoms with Gasteiger partial charge in [-0.1, -0.05) is 41.5 Å². The van der Waals surface area contributed by atoms with E-state index in [-0.39, 0.29) is 0 Å². The van der Waals surface area contributed by atoms with Crippen molar-refractivity contribution in [3.05, 3.63) is 58.0 Å². The molecular weight excluding hydrogens is 186 g/mol. The lowest BCUT2D eigenvalue weighted by Gasteiger charge is -2.07. The minimum absolute atomic E-state index is 0.420. The van der Waals surface area contributed by atoms with Gasteiger partial charge >= 0.3 is 0 Å². The van der Waals surface area contributed by atoms with E-state index < -0.39 is 0 Å². The molecule has 0 N–H and O–H groups in total. The Labute approximate surface area is 88.0 Å². The van der Waals surface area contributed by atoms with Crippen LogP contribution < -0.4 is 0 Å². The monoisotopic (exact) mass is 197 g/mol. The van der Waals surface area contributed by atoms with Crippen LogP contribution >= 0.6 is 0 Å². The molecular formula is C12H11N3. The van der Waals surface area contributed by atoms with Crippen LogP contribution in [0.25, 0.3) is 21.2 Å². The van der Waals surface area contributed by atoms with Crippen molar-refractivity contribution < 1.29 is 0 Å². The maximum absolute atomic E-state index is 8.35. The number of benzene rings is 2. The Balaban J connectivity index is 2.67. The van der Waals surface area contributed by atoms with Crippen LogP contribution in [0.4, 0.5) is 0 Å². The molecule has 0 aliphatic carbocycles. The fourth-order valence-corrected chi connectivity index (χ4v) is 1.76. The van der Waals surface area contributed by atoms with Crippen LogP contribution in [-0.2, 0) is 6.54 Å². The Morgan fingerprint density at radius 2 is 2.00 bits per heavy atom. The van der Waals surface area contributed by atoms with Gasteiger partial charge < -0.3 is 0 Å². The van der Waals surface area contributed by atoms with E-state index in [9.17, 15) is 0 Å². The molecule has 0 amide bonds. The van der Waals surface area contributed by atoms with Crippen molar-refractivity contribution >= 4 is 10.8 Å². The zero-order valence-corrected chi connectivity index (χ0v) is 8.51. The van der Waals surface area contributed by atoms with Gasteiger partial charge in [0.25, 0.3) is 0 Å². The second kappa shape index (κ2) is 4.03. The van der Waals surface area contributed by atoms with Crippen LogP contribution in [0.15, 0.2) is 41.5 Å². The number of hydrogen-bond donors (Lipinski definition) is 0. The topological polar surface area (TPSA) is 48.8 Å². The van der Waals surface area contributed by atoms with E-state index in [1.54, 1.807) is 0 Å². The van der Waals surface area contributed by atoms with Crippen LogP contribution in [0.3, 0.4) is 0 Å². The maximum Gasteiger partial charge on any atom is 0.0519 e. The van der Waals surface area contributed by atoms with Crippen molar-refractivity contribution in [2.75, 3.05) is 0 Å². The van der Waals surface area contributed by atoms with Gasteiger partial charge in [-0.05, 0) is 34.4 Å². The first-order valence-corrected chi connectivity index (χ1v) is 4.81. The van der Waals surface area contributed by atoms with E-state index in [4.69, 9.17) is 5.53 Å². The Morgan fingerprint density at radius 3 is 2.80 bits per heavy atom. The summed E-state index contributed by atoms with van der Waals surface area (Å²) in [5, 5.41) is 5.99. The number of fused-ring (bicyclic) bond motifs is 1. The van der Waals surface area contributed by atoms with Crippen LogP contribution in [0.5, 0.6) is 0 Å². The van der Waals surface area contributed by atoms with Gasteiger partial charge in [0.2, 0.25) is 0 Å². The van der Waals surface area contributed by atoms with Crippen LogP contribution in [0.2, 0.25) is 0 Å². The van der Waals surface area contributed by atoms with Crippen molar-refractivity contribution in [3.63, 3.8) is 0 Å². The highest BCUT2D eigenvalue weighted by molar-refractivity contribution is 5.86. The molecule has 0 aliphatic rings. The first kappa shape index (κ1) is 9.56. The van der Waals surface area contributed by atoms with Crippen molar-refractivity contribution in [1.29, 1.82) is 0 Å². The highest BCUT2D eigenvalue weighted by Crippen LogP contribution is 2.22. The summed E-state index contributed by atoms with van der Waals surface area (Å²) < 4.78 is 0. The zero-order valence-electron chi connectivity index (χ0n) is 8.51. The number of aryl methyl sites for hydroxylation is 1. The summed E-state index contributed by atoms with van der Waals surface area (Å²) in [6.07, 6.45) is 0. The zero-order chi connectivity index (χ0) is 10.7. The third-order valence-corrected chi connectivity index (χ3v) is 2.57. The van der Waals surface area contributed by atoms with Gasteiger partial charge in [0, 0.05) is 4.91 Å². The van der Waals surface area contributed by atoms with Crippen molar-refractivity contribution in [2.45, 2.75) is 13.5 Å². The first-order valence-electron chi connectivity index (χ1n) is 4.81. The lowest BCUT2D eigenvalue weighted by atomic mass is 10.00. The van der Waals surface area contributed by atoms with E-state index in [1.165, 1.54) is 16.3 Å². The lowest BCUT2D eigenvalue weighted by Crippen LogP contribution is -1.88. The third-order valence-electron chi connectivity index (χ3n) is 2.57. The molecule has 2 aromatic carbocycles. The van der Waals surface area contributed by atoms with Crippen LogP contribution in [-0.4, -0.2) is 0 Å². The van der Waals surface area contributed by atoms with Crippen LogP contribution in [0, 0.1) is 6.92 Å². The number of rotatable bonds is 2. The van der Waals surface area contributed by atoms with Crippen molar-refractivity contribution in [1.82, 2.24) is 0 Å². The van der Waals surface area contributed by atoms with E-state index in [2.05, 4.69) is 34.3 Å². The van der Waals surface area contributed by atoms with Gasteiger partial charge in [-0.3, -0.25) is 0 Å². The summed E-state index contributed by atoms with van der Waals surface area (Å²) in [7, 11) is 0. The summed E-state index contributed by atoms with van der Waals surface area (Å²) >= 11 is 0. The van der Waals surface area contributed by atoms with E-state index in [0.717, 1.165) is 5.56 Å². The van der Waals surface area contributed by atoms with Crippen molar-refractivity contribution in [2.24, 2.45) is 5.11 Å². The number of hydrogen-bond acceptors (Lipinski definition) is 1. The molecule has 2 aromatic rings. The molecule has 0 unspecified atom stereocenters. The minimum atomic E-state index is 0.420. The molecule has 15 heavy (non-hydrogen) atoms. The largest absolute Gasteiger partial charge is 0.0892 e. The smallest absolute Gasteiger partial charge is 0.0519 e. The Bertz CT molecular complexity index is 540. The molecule has 3 nitrogen and oxygen atoms in total. The first-order chi connectivity index (χ1) is 7.33. The average molecular weight is 197 g/mol. The van der Waals surface area contributed by atoms with E-state index in [1.807, 2.05) is 19.1 Å². The predicted octanol–water partition coefficient (Wildman–Crippen LogP) is 3.96. The molecule has 74 valence electrons. The van der Waals surface area contributed by atoms with Gasteiger partial charge in [0.15, 0.2) is 0 Å². The molecule has 0 bridgehead atoms. The number of azide groups is 1. The molecule has 0 aliphatic heterocycles. The Kier molecular flexibility index (Phi) is 2.57. The summed E-state index contributed by atoms with van der Waals surface area (Å²) in [6.45, 7) is 2.46. The summed E-state index contributed by atoms with van der Waals surface area (Å²) in [5.74, 6) is 0. The van der Waals surface area contributed by atoms with Gasteiger partial charge in [0.1, 0.15) is 0 Å². The quantitative estimate of drug-likeness (QED) is 0.397. The van der Waals surface area contributed by atoms with Crippen LogP contribution in [0.1, 0.15) is 11.1 Å². The summed E-state index contributed by atoms with van der Waals surface area (Å²) in [5.41, 5.74) is 10.6. The Morgan fingerprint density at radius 1 is 1.20 bits per heavy atom. The van der Waals surface area contributed by atoms with E-state index in [0.29, 0.717) is 6.54 Å². The third kappa shape index (κ3) is 1.78. The fourth-order valence-electron chi connectivity index (χ4n) is 1.76.